The van der Waals surface area contributed by atoms with Crippen molar-refractivity contribution in [2.45, 2.75) is 18.0 Å². The summed E-state index contributed by atoms with van der Waals surface area (Å²) in [4.78, 5) is 24.7. The smallest absolute Gasteiger partial charge is 0.416 e. The number of anilines is 1. The number of aromatic hydroxyl groups is 1. The van der Waals surface area contributed by atoms with Crippen molar-refractivity contribution in [3.05, 3.63) is 97.8 Å². The zero-order valence-corrected chi connectivity index (χ0v) is 20.6. The Kier molecular flexibility index (Phi) is 6.95. The predicted octanol–water partition coefficient (Wildman–Crippen LogP) is 4.20. The van der Waals surface area contributed by atoms with Crippen LogP contribution in [0.1, 0.15) is 11.1 Å². The second-order valence-electron chi connectivity index (χ2n) is 7.84. The lowest BCUT2D eigenvalue weighted by atomic mass is 10.2. The van der Waals surface area contributed by atoms with Crippen LogP contribution in [0.2, 0.25) is 5.02 Å². The lowest BCUT2D eigenvalue weighted by Gasteiger charge is -2.15. The molecule has 0 aliphatic heterocycles. The Morgan fingerprint density at radius 3 is 2.50 bits per heavy atom. The minimum Gasteiger partial charge on any atom is -0.506 e. The molecule has 0 atom stereocenters. The summed E-state index contributed by atoms with van der Waals surface area (Å²) in [6, 6.07) is 9.47. The maximum atomic E-state index is 13.0. The molecule has 4 aromatic rings. The zero-order chi connectivity index (χ0) is 27.8. The van der Waals surface area contributed by atoms with E-state index in [2.05, 4.69) is 10.1 Å². The number of hydrogen-bond donors (Lipinski definition) is 3. The number of halogens is 4. The van der Waals surface area contributed by atoms with Gasteiger partial charge in [-0.15, -0.1) is 0 Å². The largest absolute Gasteiger partial charge is 0.506 e. The summed E-state index contributed by atoms with van der Waals surface area (Å²) < 4.78 is 73.2. The highest BCUT2D eigenvalue weighted by Crippen LogP contribution is 2.38. The summed E-state index contributed by atoms with van der Waals surface area (Å²) in [5.74, 6) is -0.388. The third-order valence-corrected chi connectivity index (χ3v) is 6.72. The van der Waals surface area contributed by atoms with Gasteiger partial charge in [0.15, 0.2) is 0 Å². The van der Waals surface area contributed by atoms with Gasteiger partial charge >= 0.3 is 11.9 Å². The first-order valence-corrected chi connectivity index (χ1v) is 12.3. The maximum absolute atomic E-state index is 13.0. The summed E-state index contributed by atoms with van der Waals surface area (Å²) >= 11 is 6.33. The molecule has 0 aliphatic rings. The number of benzene rings is 3. The molecule has 198 valence electrons. The fourth-order valence-electron chi connectivity index (χ4n) is 3.32. The molecule has 0 radical (unpaired) electrons. The van der Waals surface area contributed by atoms with E-state index in [9.17, 15) is 36.3 Å². The summed E-state index contributed by atoms with van der Waals surface area (Å²) in [5.41, 5.74) is -2.35. The number of nitrogens with zero attached hydrogens (tertiary/aromatic N) is 2. The van der Waals surface area contributed by atoms with Gasteiger partial charge in [0.25, 0.3) is 15.6 Å². The number of phenols is 1. The van der Waals surface area contributed by atoms with Crippen LogP contribution in [-0.2, 0) is 16.2 Å². The van der Waals surface area contributed by atoms with Crippen molar-refractivity contribution in [2.75, 3.05) is 4.72 Å². The van der Waals surface area contributed by atoms with Crippen molar-refractivity contribution in [2.24, 2.45) is 0 Å². The van der Waals surface area contributed by atoms with Gasteiger partial charge in [0.1, 0.15) is 23.4 Å². The van der Waals surface area contributed by atoms with E-state index in [4.69, 9.17) is 16.3 Å². The Balaban J connectivity index is 1.63. The third-order valence-electron chi connectivity index (χ3n) is 5.08. The lowest BCUT2D eigenvalue weighted by Crippen LogP contribution is -2.30. The van der Waals surface area contributed by atoms with Crippen LogP contribution in [0.3, 0.4) is 0 Å². The van der Waals surface area contributed by atoms with Crippen LogP contribution in [-0.4, -0.2) is 28.3 Å². The van der Waals surface area contributed by atoms with Crippen molar-refractivity contribution in [1.29, 1.82) is 0 Å². The van der Waals surface area contributed by atoms with Crippen molar-refractivity contribution in [3.63, 3.8) is 0 Å². The quantitative estimate of drug-likeness (QED) is 0.296. The number of phenolic OH excluding ortho intramolecular Hbond substituents is 1. The fourth-order valence-corrected chi connectivity index (χ4v) is 4.73. The molecule has 1 aromatic heterocycles. The van der Waals surface area contributed by atoms with Crippen LogP contribution in [0.4, 0.5) is 18.9 Å². The van der Waals surface area contributed by atoms with Gasteiger partial charge in [0, 0.05) is 6.07 Å². The van der Waals surface area contributed by atoms with E-state index in [1.54, 1.807) is 6.92 Å². The van der Waals surface area contributed by atoms with Crippen LogP contribution < -0.4 is 20.7 Å². The van der Waals surface area contributed by atoms with Crippen molar-refractivity contribution in [3.8, 4) is 22.9 Å². The van der Waals surface area contributed by atoms with Gasteiger partial charge in [0.05, 0.1) is 26.9 Å². The highest BCUT2D eigenvalue weighted by Gasteiger charge is 2.31. The predicted molar refractivity (Wildman–Crippen MR) is 131 cm³/mol. The van der Waals surface area contributed by atoms with E-state index in [1.807, 2.05) is 4.72 Å². The van der Waals surface area contributed by atoms with Gasteiger partial charge in [-0.2, -0.15) is 23.0 Å². The van der Waals surface area contributed by atoms with E-state index in [0.29, 0.717) is 11.6 Å². The summed E-state index contributed by atoms with van der Waals surface area (Å²) in [6.45, 7) is 1.60. The maximum Gasteiger partial charge on any atom is 0.416 e. The third kappa shape index (κ3) is 5.65. The lowest BCUT2D eigenvalue weighted by molar-refractivity contribution is -0.137. The minimum absolute atomic E-state index is 0.0154. The SMILES string of the molecule is Cc1cc(-n2ncc(=O)[nH]c2=O)cc(Cl)c1Oc1ccc(O)c(NS(=O)(=O)c2cccc(C(F)(F)F)c2)c1. The molecule has 1 heterocycles. The molecular formula is C23H16ClF3N4O6S. The monoisotopic (exact) mass is 568 g/mol. The minimum atomic E-state index is -4.75. The zero-order valence-electron chi connectivity index (χ0n) is 19.1. The first-order chi connectivity index (χ1) is 17.7. The second-order valence-corrected chi connectivity index (χ2v) is 9.93. The molecule has 38 heavy (non-hydrogen) atoms. The van der Waals surface area contributed by atoms with Gasteiger partial charge in [-0.1, -0.05) is 17.7 Å². The Bertz CT molecular complexity index is 1750. The molecule has 3 aromatic carbocycles. The summed E-state index contributed by atoms with van der Waals surface area (Å²) in [7, 11) is -4.52. The first-order valence-electron chi connectivity index (χ1n) is 10.4. The van der Waals surface area contributed by atoms with Crippen LogP contribution in [0.5, 0.6) is 17.2 Å². The number of aromatic amines is 1. The molecule has 10 nitrogen and oxygen atoms in total. The first kappa shape index (κ1) is 26.8. The van der Waals surface area contributed by atoms with E-state index in [-0.39, 0.29) is 27.9 Å². The van der Waals surface area contributed by atoms with Crippen molar-refractivity contribution < 1.29 is 31.4 Å². The van der Waals surface area contributed by atoms with Gasteiger partial charge in [-0.3, -0.25) is 14.5 Å². The van der Waals surface area contributed by atoms with Gasteiger partial charge < -0.3 is 9.84 Å². The Morgan fingerprint density at radius 2 is 1.84 bits per heavy atom. The van der Waals surface area contributed by atoms with Crippen molar-refractivity contribution >= 4 is 27.3 Å². The number of ether oxygens (including phenoxy) is 1. The van der Waals surface area contributed by atoms with Crippen molar-refractivity contribution in [1.82, 2.24) is 14.8 Å². The number of rotatable bonds is 6. The number of alkyl halides is 3. The van der Waals surface area contributed by atoms with E-state index >= 15 is 0 Å². The molecule has 0 aliphatic carbocycles. The molecule has 0 saturated carbocycles. The Hall–Kier alpha value is -4.30. The molecule has 4 rings (SSSR count). The average molecular weight is 569 g/mol. The molecule has 3 N–H and O–H groups in total. The molecule has 15 heteroatoms. The number of sulfonamides is 1. The Morgan fingerprint density at radius 1 is 1.11 bits per heavy atom. The summed E-state index contributed by atoms with van der Waals surface area (Å²) in [5, 5.41) is 13.9. The topological polar surface area (TPSA) is 143 Å². The van der Waals surface area contributed by atoms with E-state index < -0.39 is 43.7 Å². The standard InChI is InChI=1S/C23H16ClF3N4O6S/c1-12-7-14(31-22(34)29-20(33)11-28-31)9-17(24)21(12)37-15-5-6-19(32)18(10-15)30-38(35,36)16-4-2-3-13(8-16)23(25,26)27/h2-11,30,32H,1H3,(H,29,33,34). The normalized spacial score (nSPS) is 11.8. The number of nitrogens with one attached hydrogen (secondary N) is 2. The molecule has 0 saturated heterocycles. The van der Waals surface area contributed by atoms with Gasteiger partial charge in [0.2, 0.25) is 0 Å². The number of H-pyrrole nitrogens is 1. The van der Waals surface area contributed by atoms with Crippen LogP contribution in [0.15, 0.2) is 75.3 Å². The van der Waals surface area contributed by atoms with E-state index in [0.717, 1.165) is 41.2 Å². The number of hydrogen-bond acceptors (Lipinski definition) is 7. The molecule has 0 unspecified atom stereocenters. The number of aromatic nitrogens is 3. The second kappa shape index (κ2) is 9.87. The fraction of sp³-hybridized carbons (Fsp3) is 0.0870. The number of aryl methyl sites for hydroxylation is 1. The molecule has 0 spiro atoms. The van der Waals surface area contributed by atoms with Gasteiger partial charge in [-0.25, -0.2) is 13.2 Å². The Labute approximate surface area is 217 Å². The molecule has 0 bridgehead atoms. The van der Waals surface area contributed by atoms with Crippen LogP contribution in [0.25, 0.3) is 5.69 Å². The van der Waals surface area contributed by atoms with Gasteiger partial charge in [-0.05, 0) is 55.0 Å². The molecule has 0 fully saturated rings. The average Bonchev–Trinajstić information content (AvgIpc) is 2.82. The van der Waals surface area contributed by atoms with Crippen LogP contribution >= 0.6 is 11.6 Å². The summed E-state index contributed by atoms with van der Waals surface area (Å²) in [6.07, 6.45) is -3.84. The van der Waals surface area contributed by atoms with Crippen LogP contribution in [0, 0.1) is 6.92 Å². The highest BCUT2D eigenvalue weighted by molar-refractivity contribution is 7.92. The van der Waals surface area contributed by atoms with E-state index in [1.165, 1.54) is 18.2 Å². The molecule has 0 amide bonds. The highest BCUT2D eigenvalue weighted by atomic mass is 35.5. The molecular weight excluding hydrogens is 553 g/mol.